The first kappa shape index (κ1) is 17.4. The van der Waals surface area contributed by atoms with Gasteiger partial charge in [0.1, 0.15) is 5.82 Å². The van der Waals surface area contributed by atoms with Crippen LogP contribution in [0.2, 0.25) is 0 Å². The molecule has 1 fully saturated rings. The molecule has 0 bridgehead atoms. The first-order valence-electron chi connectivity index (χ1n) is 8.02. The van der Waals surface area contributed by atoms with Gasteiger partial charge in [-0.15, -0.1) is 0 Å². The zero-order valence-electron chi connectivity index (χ0n) is 13.7. The van der Waals surface area contributed by atoms with Crippen LogP contribution >= 0.6 is 0 Å². The van der Waals surface area contributed by atoms with Gasteiger partial charge < -0.3 is 10.2 Å². The number of carbonyl (C=O) groups is 2. The number of nitrogens with one attached hydrogen (secondary N) is 1. The second-order valence-corrected chi connectivity index (χ2v) is 6.08. The summed E-state index contributed by atoms with van der Waals surface area (Å²) in [4.78, 5) is 28.0. The maximum absolute atomic E-state index is 12.8. The molecule has 0 aliphatic carbocycles. The van der Waals surface area contributed by atoms with Crippen molar-refractivity contribution < 1.29 is 14.0 Å². The van der Waals surface area contributed by atoms with E-state index in [4.69, 9.17) is 0 Å². The second kappa shape index (κ2) is 8.06. The van der Waals surface area contributed by atoms with Gasteiger partial charge in [-0.05, 0) is 24.3 Å². The lowest BCUT2D eigenvalue weighted by atomic mass is 10.1. The molecule has 1 aliphatic heterocycles. The molecule has 1 N–H and O–H groups in total. The number of carbonyl (C=O) groups excluding carboxylic acids is 2. The average molecular weight is 321 g/mol. The van der Waals surface area contributed by atoms with Gasteiger partial charge in [0, 0.05) is 50.7 Å². The van der Waals surface area contributed by atoms with E-state index in [0.29, 0.717) is 12.1 Å². The predicted molar refractivity (Wildman–Crippen MR) is 86.6 cm³/mol. The van der Waals surface area contributed by atoms with Crippen molar-refractivity contribution in [3.05, 3.63) is 35.6 Å². The highest BCUT2D eigenvalue weighted by Gasteiger charge is 2.22. The molecular formula is C17H24FN3O2. The van der Waals surface area contributed by atoms with E-state index in [0.717, 1.165) is 32.7 Å². The number of benzene rings is 1. The normalized spacial score (nSPS) is 15.7. The zero-order chi connectivity index (χ0) is 16.8. The first-order valence-corrected chi connectivity index (χ1v) is 8.02. The summed E-state index contributed by atoms with van der Waals surface area (Å²) < 4.78 is 12.8. The number of piperazine rings is 1. The van der Waals surface area contributed by atoms with Crippen LogP contribution in [0.5, 0.6) is 0 Å². The van der Waals surface area contributed by atoms with Gasteiger partial charge in [0.2, 0.25) is 5.91 Å². The van der Waals surface area contributed by atoms with Crippen LogP contribution in [0, 0.1) is 11.7 Å². The highest BCUT2D eigenvalue weighted by atomic mass is 19.1. The summed E-state index contributed by atoms with van der Waals surface area (Å²) in [6.07, 6.45) is 0. The van der Waals surface area contributed by atoms with Gasteiger partial charge in [-0.2, -0.15) is 0 Å². The lowest BCUT2D eigenvalue weighted by Crippen LogP contribution is -2.51. The summed E-state index contributed by atoms with van der Waals surface area (Å²) >= 11 is 0. The third kappa shape index (κ3) is 5.03. The molecule has 1 aromatic carbocycles. The predicted octanol–water partition coefficient (Wildman–Crippen LogP) is 1.36. The molecule has 1 aliphatic rings. The van der Waals surface area contributed by atoms with Crippen molar-refractivity contribution >= 4 is 11.8 Å². The Hall–Kier alpha value is -1.95. The van der Waals surface area contributed by atoms with Crippen molar-refractivity contribution in [2.75, 3.05) is 39.3 Å². The van der Waals surface area contributed by atoms with E-state index in [1.165, 1.54) is 24.3 Å². The minimum Gasteiger partial charge on any atom is -0.351 e. The van der Waals surface area contributed by atoms with Gasteiger partial charge in [-0.1, -0.05) is 13.8 Å². The Morgan fingerprint density at radius 3 is 2.30 bits per heavy atom. The van der Waals surface area contributed by atoms with E-state index in [9.17, 15) is 14.0 Å². The lowest BCUT2D eigenvalue weighted by Gasteiger charge is -2.35. The molecular weight excluding hydrogens is 297 g/mol. The van der Waals surface area contributed by atoms with Crippen LogP contribution in [-0.2, 0) is 4.79 Å². The molecule has 0 spiro atoms. The highest BCUT2D eigenvalue weighted by molar-refractivity contribution is 5.94. The Morgan fingerprint density at radius 2 is 1.74 bits per heavy atom. The Bertz CT molecular complexity index is 537. The third-order valence-electron chi connectivity index (χ3n) is 4.00. The Kier molecular flexibility index (Phi) is 6.10. The molecule has 0 saturated carbocycles. The van der Waals surface area contributed by atoms with Gasteiger partial charge >= 0.3 is 0 Å². The largest absolute Gasteiger partial charge is 0.351 e. The number of hydrogen-bond acceptors (Lipinski definition) is 3. The lowest BCUT2D eigenvalue weighted by molar-refractivity contribution is -0.136. The molecule has 2 rings (SSSR count). The molecule has 0 radical (unpaired) electrons. The maximum atomic E-state index is 12.8. The third-order valence-corrected chi connectivity index (χ3v) is 4.00. The molecule has 6 heteroatoms. The van der Waals surface area contributed by atoms with Crippen LogP contribution in [0.25, 0.3) is 0 Å². The smallest absolute Gasteiger partial charge is 0.251 e. The van der Waals surface area contributed by atoms with E-state index >= 15 is 0 Å². The molecule has 126 valence electrons. The van der Waals surface area contributed by atoms with E-state index in [-0.39, 0.29) is 23.5 Å². The van der Waals surface area contributed by atoms with Crippen LogP contribution in [0.1, 0.15) is 24.2 Å². The van der Waals surface area contributed by atoms with Crippen LogP contribution < -0.4 is 5.32 Å². The Labute approximate surface area is 136 Å². The van der Waals surface area contributed by atoms with Gasteiger partial charge in [-0.3, -0.25) is 14.5 Å². The van der Waals surface area contributed by atoms with Crippen molar-refractivity contribution in [2.24, 2.45) is 5.92 Å². The number of rotatable bonds is 5. The number of nitrogens with zero attached hydrogens (tertiary/aromatic N) is 2. The molecule has 0 atom stereocenters. The molecule has 2 amide bonds. The van der Waals surface area contributed by atoms with E-state index in [2.05, 4.69) is 10.2 Å². The fraction of sp³-hybridized carbons (Fsp3) is 0.529. The van der Waals surface area contributed by atoms with E-state index in [1.54, 1.807) is 0 Å². The van der Waals surface area contributed by atoms with Crippen molar-refractivity contribution in [1.29, 1.82) is 0 Å². The molecule has 1 aromatic rings. The summed E-state index contributed by atoms with van der Waals surface area (Å²) in [7, 11) is 0. The van der Waals surface area contributed by atoms with Crippen molar-refractivity contribution in [1.82, 2.24) is 15.1 Å². The summed E-state index contributed by atoms with van der Waals surface area (Å²) in [6.45, 7) is 8.24. The number of amides is 2. The Balaban J connectivity index is 1.68. The van der Waals surface area contributed by atoms with Gasteiger partial charge in [0.25, 0.3) is 5.91 Å². The maximum Gasteiger partial charge on any atom is 0.251 e. The SMILES string of the molecule is CC(C)C(=O)N1CCN(CCNC(=O)c2ccc(F)cc2)CC1. The van der Waals surface area contributed by atoms with Crippen LogP contribution in [0.15, 0.2) is 24.3 Å². The first-order chi connectivity index (χ1) is 11.0. The van der Waals surface area contributed by atoms with Crippen LogP contribution in [0.3, 0.4) is 0 Å². The molecule has 5 nitrogen and oxygen atoms in total. The fourth-order valence-electron chi connectivity index (χ4n) is 2.59. The molecule has 0 unspecified atom stereocenters. The minimum atomic E-state index is -0.352. The van der Waals surface area contributed by atoms with Crippen LogP contribution in [-0.4, -0.2) is 60.9 Å². The summed E-state index contributed by atoms with van der Waals surface area (Å²) in [6, 6.07) is 5.50. The van der Waals surface area contributed by atoms with Gasteiger partial charge in [0.05, 0.1) is 0 Å². The monoisotopic (exact) mass is 321 g/mol. The number of halogens is 1. The second-order valence-electron chi connectivity index (χ2n) is 6.08. The van der Waals surface area contributed by atoms with Crippen molar-refractivity contribution in [2.45, 2.75) is 13.8 Å². The van der Waals surface area contributed by atoms with Gasteiger partial charge in [0.15, 0.2) is 0 Å². The van der Waals surface area contributed by atoms with Crippen molar-refractivity contribution in [3.63, 3.8) is 0 Å². The summed E-state index contributed by atoms with van der Waals surface area (Å²) in [5, 5.41) is 2.83. The molecule has 1 heterocycles. The van der Waals surface area contributed by atoms with Crippen LogP contribution in [0.4, 0.5) is 4.39 Å². The van der Waals surface area contributed by atoms with E-state index < -0.39 is 0 Å². The quantitative estimate of drug-likeness (QED) is 0.891. The highest BCUT2D eigenvalue weighted by Crippen LogP contribution is 2.07. The molecule has 23 heavy (non-hydrogen) atoms. The minimum absolute atomic E-state index is 0.0385. The fourth-order valence-corrected chi connectivity index (χ4v) is 2.59. The Morgan fingerprint density at radius 1 is 1.13 bits per heavy atom. The van der Waals surface area contributed by atoms with Crippen molar-refractivity contribution in [3.8, 4) is 0 Å². The number of hydrogen-bond donors (Lipinski definition) is 1. The van der Waals surface area contributed by atoms with Gasteiger partial charge in [-0.25, -0.2) is 4.39 Å². The topological polar surface area (TPSA) is 52.7 Å². The summed E-state index contributed by atoms with van der Waals surface area (Å²) in [5.41, 5.74) is 0.457. The standard InChI is InChI=1S/C17H24FN3O2/c1-13(2)17(23)21-11-9-20(10-12-21)8-7-19-16(22)14-3-5-15(18)6-4-14/h3-6,13H,7-12H2,1-2H3,(H,19,22). The zero-order valence-corrected chi connectivity index (χ0v) is 13.7. The molecule has 1 saturated heterocycles. The average Bonchev–Trinajstić information content (AvgIpc) is 2.55. The van der Waals surface area contributed by atoms with E-state index in [1.807, 2.05) is 18.7 Å². The molecule has 0 aromatic heterocycles. The summed E-state index contributed by atoms with van der Waals surface area (Å²) in [5.74, 6) is -0.306.